The predicted octanol–water partition coefficient (Wildman–Crippen LogP) is 2.50. The molecule has 27 heavy (non-hydrogen) atoms. The van der Waals surface area contributed by atoms with E-state index in [1.54, 1.807) is 24.3 Å². The Bertz CT molecular complexity index is 772. The molecular weight excluding hydrogens is 383 g/mol. The van der Waals surface area contributed by atoms with E-state index in [4.69, 9.17) is 0 Å². The maximum atomic E-state index is 12.6. The number of halogens is 4. The van der Waals surface area contributed by atoms with Crippen LogP contribution in [-0.2, 0) is 11.7 Å². The molecule has 0 unspecified atom stereocenters. The topological polar surface area (TPSA) is 74.2 Å². The van der Waals surface area contributed by atoms with Crippen LogP contribution < -0.4 is 10.6 Å². The van der Waals surface area contributed by atoms with E-state index >= 15 is 0 Å². The molecule has 146 valence electrons. The first kappa shape index (κ1) is 21.1. The molecular formula is C18H19ClF3N3O2. The monoisotopic (exact) mass is 401 g/mol. The molecule has 5 nitrogen and oxygen atoms in total. The average molecular weight is 402 g/mol. The van der Waals surface area contributed by atoms with Gasteiger partial charge in [0.05, 0.1) is 17.2 Å². The molecule has 1 fully saturated rings. The first-order valence-corrected chi connectivity index (χ1v) is 8.13. The molecule has 1 saturated heterocycles. The van der Waals surface area contributed by atoms with E-state index in [1.807, 2.05) is 6.07 Å². The first-order chi connectivity index (χ1) is 12.3. The lowest BCUT2D eigenvalue weighted by atomic mass is 9.79. The van der Waals surface area contributed by atoms with E-state index in [2.05, 4.69) is 15.6 Å². The van der Waals surface area contributed by atoms with Crippen molar-refractivity contribution in [2.75, 3.05) is 13.1 Å². The second-order valence-corrected chi connectivity index (χ2v) is 6.19. The molecule has 1 aliphatic heterocycles. The minimum absolute atomic E-state index is 0. The maximum Gasteiger partial charge on any atom is 0.433 e. The van der Waals surface area contributed by atoms with Crippen molar-refractivity contribution in [3.05, 3.63) is 65.5 Å². The van der Waals surface area contributed by atoms with E-state index in [0.29, 0.717) is 19.5 Å². The van der Waals surface area contributed by atoms with Gasteiger partial charge in [-0.15, -0.1) is 12.4 Å². The summed E-state index contributed by atoms with van der Waals surface area (Å²) in [7, 11) is 0. The van der Waals surface area contributed by atoms with Crippen LogP contribution in [0.15, 0.2) is 48.7 Å². The van der Waals surface area contributed by atoms with Crippen LogP contribution in [0.2, 0.25) is 0 Å². The highest BCUT2D eigenvalue weighted by Crippen LogP contribution is 2.32. The van der Waals surface area contributed by atoms with Crippen LogP contribution in [0.3, 0.4) is 0 Å². The van der Waals surface area contributed by atoms with Crippen LogP contribution in [0.5, 0.6) is 0 Å². The third-order valence-electron chi connectivity index (χ3n) is 4.54. The molecule has 0 aliphatic carbocycles. The maximum absolute atomic E-state index is 12.6. The number of carbonyl (C=O) groups excluding carboxylic acids is 1. The summed E-state index contributed by atoms with van der Waals surface area (Å²) in [6, 6.07) is 10.9. The van der Waals surface area contributed by atoms with Gasteiger partial charge in [-0.25, -0.2) is 0 Å². The Balaban J connectivity index is 0.00000261. The largest absolute Gasteiger partial charge is 0.433 e. The first-order valence-electron chi connectivity index (χ1n) is 8.13. The fourth-order valence-corrected chi connectivity index (χ4v) is 3.13. The molecule has 1 amide bonds. The van der Waals surface area contributed by atoms with Crippen molar-refractivity contribution in [2.45, 2.75) is 24.2 Å². The number of aromatic nitrogens is 1. The molecule has 2 atom stereocenters. The van der Waals surface area contributed by atoms with Crippen LogP contribution in [-0.4, -0.2) is 35.2 Å². The van der Waals surface area contributed by atoms with Crippen molar-refractivity contribution >= 4 is 18.3 Å². The summed E-state index contributed by atoms with van der Waals surface area (Å²) in [6.07, 6.45) is -4.11. The highest BCUT2D eigenvalue weighted by atomic mass is 35.5. The summed E-state index contributed by atoms with van der Waals surface area (Å²) in [5.41, 5.74) is -1.35. The van der Waals surface area contributed by atoms with Gasteiger partial charge >= 0.3 is 6.18 Å². The Morgan fingerprint density at radius 1 is 1.22 bits per heavy atom. The molecule has 2 heterocycles. The van der Waals surface area contributed by atoms with E-state index < -0.39 is 29.4 Å². The van der Waals surface area contributed by atoms with Crippen molar-refractivity contribution in [1.29, 1.82) is 0 Å². The highest BCUT2D eigenvalue weighted by molar-refractivity contribution is 5.94. The fourth-order valence-electron chi connectivity index (χ4n) is 3.13. The van der Waals surface area contributed by atoms with Gasteiger partial charge in [0, 0.05) is 12.7 Å². The van der Waals surface area contributed by atoms with Crippen molar-refractivity contribution in [3.63, 3.8) is 0 Å². The summed E-state index contributed by atoms with van der Waals surface area (Å²) < 4.78 is 37.9. The quantitative estimate of drug-likeness (QED) is 0.738. The molecule has 9 heteroatoms. The third-order valence-corrected chi connectivity index (χ3v) is 4.54. The summed E-state index contributed by atoms with van der Waals surface area (Å²) in [6.45, 7) is 0.873. The van der Waals surface area contributed by atoms with Crippen LogP contribution >= 0.6 is 12.4 Å². The third kappa shape index (κ3) is 4.40. The van der Waals surface area contributed by atoms with Crippen LogP contribution in [0.4, 0.5) is 13.2 Å². The lowest BCUT2D eigenvalue weighted by Gasteiger charge is -2.43. The van der Waals surface area contributed by atoms with Gasteiger partial charge in [-0.3, -0.25) is 9.78 Å². The zero-order chi connectivity index (χ0) is 18.8. The number of aliphatic hydroxyl groups excluding tert-OH is 1. The standard InChI is InChI=1S/C18H18F3N3O2.ClH/c19-18(20,21)14-7-6-12(10-23-14)16(26)24-17(8-9-22-11-15(17)25)13-4-2-1-3-5-13;/h1-7,10,15,22,25H,8-9,11H2,(H,24,26);1H/t15-,17+;/m1./s1. The molecule has 2 aromatic rings. The number of hydrogen-bond acceptors (Lipinski definition) is 4. The Labute approximate surface area is 160 Å². The number of piperidine rings is 1. The van der Waals surface area contributed by atoms with Crippen LogP contribution in [0.1, 0.15) is 28.0 Å². The normalized spacial score (nSPS) is 22.6. The van der Waals surface area contributed by atoms with E-state index in [0.717, 1.165) is 23.9 Å². The molecule has 0 saturated carbocycles. The Hall–Kier alpha value is -2.16. The van der Waals surface area contributed by atoms with Crippen LogP contribution in [0, 0.1) is 0 Å². The predicted molar refractivity (Wildman–Crippen MR) is 95.6 cm³/mol. The van der Waals surface area contributed by atoms with Gasteiger partial charge in [0.25, 0.3) is 5.91 Å². The lowest BCUT2D eigenvalue weighted by molar-refractivity contribution is -0.141. The Morgan fingerprint density at radius 2 is 1.93 bits per heavy atom. The average Bonchev–Trinajstić information content (AvgIpc) is 2.64. The van der Waals surface area contributed by atoms with E-state index in [1.165, 1.54) is 0 Å². The summed E-state index contributed by atoms with van der Waals surface area (Å²) in [5, 5.41) is 16.5. The number of benzene rings is 1. The minimum Gasteiger partial charge on any atom is -0.389 e. The van der Waals surface area contributed by atoms with Gasteiger partial charge in [-0.1, -0.05) is 30.3 Å². The van der Waals surface area contributed by atoms with Crippen LogP contribution in [0.25, 0.3) is 0 Å². The van der Waals surface area contributed by atoms with Gasteiger partial charge in [0.1, 0.15) is 5.69 Å². The van der Waals surface area contributed by atoms with Gasteiger partial charge in [0.15, 0.2) is 0 Å². The number of β-amino-alcohol motifs (C(OH)–C–C–N with tert-alkyl or cyclic N) is 1. The molecule has 1 aromatic heterocycles. The Morgan fingerprint density at radius 3 is 2.48 bits per heavy atom. The van der Waals surface area contributed by atoms with Gasteiger partial charge in [-0.05, 0) is 30.7 Å². The zero-order valence-corrected chi connectivity index (χ0v) is 15.0. The van der Waals surface area contributed by atoms with Crippen molar-refractivity contribution in [1.82, 2.24) is 15.6 Å². The second-order valence-electron chi connectivity index (χ2n) is 6.19. The number of nitrogens with one attached hydrogen (secondary N) is 2. The van der Waals surface area contributed by atoms with Crippen molar-refractivity contribution < 1.29 is 23.1 Å². The number of hydrogen-bond donors (Lipinski definition) is 3. The number of pyridine rings is 1. The van der Waals surface area contributed by atoms with Gasteiger partial charge < -0.3 is 15.7 Å². The SMILES string of the molecule is Cl.O=C(N[C@]1(c2ccccc2)CCNC[C@H]1O)c1ccc(C(F)(F)F)nc1. The molecule has 0 spiro atoms. The van der Waals surface area contributed by atoms with Crippen molar-refractivity contribution in [3.8, 4) is 0 Å². The number of nitrogens with zero attached hydrogens (tertiary/aromatic N) is 1. The second kappa shape index (κ2) is 8.24. The van der Waals surface area contributed by atoms with E-state index in [9.17, 15) is 23.1 Å². The molecule has 0 bridgehead atoms. The van der Waals surface area contributed by atoms with E-state index in [-0.39, 0.29) is 18.0 Å². The summed E-state index contributed by atoms with van der Waals surface area (Å²) >= 11 is 0. The van der Waals surface area contributed by atoms with Gasteiger partial charge in [-0.2, -0.15) is 13.2 Å². The number of rotatable bonds is 3. The van der Waals surface area contributed by atoms with Gasteiger partial charge in [0.2, 0.25) is 0 Å². The fraction of sp³-hybridized carbons (Fsp3) is 0.333. The lowest BCUT2D eigenvalue weighted by Crippen LogP contribution is -2.61. The number of alkyl halides is 3. The summed E-state index contributed by atoms with van der Waals surface area (Å²) in [4.78, 5) is 16.0. The zero-order valence-electron chi connectivity index (χ0n) is 14.2. The molecule has 3 N–H and O–H groups in total. The highest BCUT2D eigenvalue weighted by Gasteiger charge is 2.43. The molecule has 3 rings (SSSR count). The number of carbonyl (C=O) groups is 1. The number of amides is 1. The molecule has 1 aliphatic rings. The number of aliphatic hydroxyl groups is 1. The smallest absolute Gasteiger partial charge is 0.389 e. The minimum atomic E-state index is -4.56. The van der Waals surface area contributed by atoms with Crippen molar-refractivity contribution in [2.24, 2.45) is 0 Å². The Kier molecular flexibility index (Phi) is 6.46. The molecule has 1 aromatic carbocycles. The molecule has 0 radical (unpaired) electrons. The summed E-state index contributed by atoms with van der Waals surface area (Å²) in [5.74, 6) is -0.587.